The van der Waals surface area contributed by atoms with Crippen LogP contribution in [0.5, 0.6) is 0 Å². The molecule has 1 aliphatic rings. The number of carbonyl (C=O) groups is 1. The molecule has 3 aromatic rings. The van der Waals surface area contributed by atoms with Gasteiger partial charge in [0.2, 0.25) is 0 Å². The molecule has 4 rings (SSSR count). The molecule has 0 aliphatic heterocycles. The minimum absolute atomic E-state index is 0.128. The van der Waals surface area contributed by atoms with Crippen LogP contribution in [0.2, 0.25) is 0 Å². The third kappa shape index (κ3) is 4.69. The number of nitrogens with zero attached hydrogens (tertiary/aromatic N) is 4. The third-order valence-corrected chi connectivity index (χ3v) is 5.84. The number of pyridine rings is 1. The monoisotopic (exact) mass is 457 g/mol. The van der Waals surface area contributed by atoms with Crippen molar-refractivity contribution in [3.05, 3.63) is 86.2 Å². The molecule has 1 fully saturated rings. The van der Waals surface area contributed by atoms with Gasteiger partial charge in [0.15, 0.2) is 5.65 Å². The van der Waals surface area contributed by atoms with E-state index in [1.807, 2.05) is 13.8 Å². The number of nitriles is 1. The molecule has 0 saturated heterocycles. The Balaban J connectivity index is 1.85. The Labute approximate surface area is 197 Å². The van der Waals surface area contributed by atoms with E-state index in [1.54, 1.807) is 41.3 Å². The van der Waals surface area contributed by atoms with Gasteiger partial charge in [-0.05, 0) is 42.5 Å². The molecule has 0 atom stereocenters. The van der Waals surface area contributed by atoms with Crippen LogP contribution in [-0.4, -0.2) is 31.9 Å². The smallest absolute Gasteiger partial charge is 0.330 e. The van der Waals surface area contributed by atoms with E-state index in [0.717, 1.165) is 24.1 Å². The molecule has 0 bridgehead atoms. The number of nitrogens with one attached hydrogen (secondary N) is 1. The maximum Gasteiger partial charge on any atom is 0.330 e. The maximum absolute atomic E-state index is 13.8. The number of hydrogen-bond acceptors (Lipinski definition) is 5. The molecule has 0 spiro atoms. The maximum atomic E-state index is 13.8. The van der Waals surface area contributed by atoms with Gasteiger partial charge in [-0.3, -0.25) is 19.1 Å². The second-order valence-electron chi connectivity index (χ2n) is 9.11. The van der Waals surface area contributed by atoms with Crippen LogP contribution in [0.3, 0.4) is 0 Å². The number of aromatic amines is 1. The van der Waals surface area contributed by atoms with Crippen LogP contribution >= 0.6 is 0 Å². The lowest BCUT2D eigenvalue weighted by molar-refractivity contribution is 0.0764. The zero-order valence-electron chi connectivity index (χ0n) is 19.4. The van der Waals surface area contributed by atoms with Crippen molar-refractivity contribution in [3.8, 4) is 6.07 Å². The predicted octanol–water partition coefficient (Wildman–Crippen LogP) is 3.32. The molecule has 174 valence electrons. The minimum atomic E-state index is -0.616. The summed E-state index contributed by atoms with van der Waals surface area (Å²) in [6.45, 7) is 8.66. The van der Waals surface area contributed by atoms with Gasteiger partial charge in [-0.1, -0.05) is 32.1 Å². The molecule has 0 radical (unpaired) electrons. The zero-order chi connectivity index (χ0) is 24.4. The summed E-state index contributed by atoms with van der Waals surface area (Å²) in [6.07, 6.45) is 3.56. The number of amides is 1. The molecule has 8 nitrogen and oxygen atoms in total. The lowest BCUT2D eigenvalue weighted by Crippen LogP contribution is -2.35. The van der Waals surface area contributed by atoms with Crippen molar-refractivity contribution in [2.45, 2.75) is 45.7 Å². The fourth-order valence-electron chi connectivity index (χ4n) is 4.04. The number of rotatable bonds is 8. The zero-order valence-corrected chi connectivity index (χ0v) is 19.4. The highest BCUT2D eigenvalue weighted by molar-refractivity contribution is 6.05. The van der Waals surface area contributed by atoms with E-state index in [1.165, 1.54) is 4.57 Å². The third-order valence-electron chi connectivity index (χ3n) is 5.84. The Morgan fingerprint density at radius 1 is 1.32 bits per heavy atom. The summed E-state index contributed by atoms with van der Waals surface area (Å²) in [6, 6.07) is 10.8. The van der Waals surface area contributed by atoms with E-state index in [9.17, 15) is 14.4 Å². The molecule has 1 aliphatic carbocycles. The number of benzene rings is 1. The summed E-state index contributed by atoms with van der Waals surface area (Å²) >= 11 is 0. The summed E-state index contributed by atoms with van der Waals surface area (Å²) in [7, 11) is 0. The van der Waals surface area contributed by atoms with Crippen LogP contribution in [0.25, 0.3) is 11.0 Å². The van der Waals surface area contributed by atoms with Crippen molar-refractivity contribution in [3.63, 3.8) is 0 Å². The first-order valence-corrected chi connectivity index (χ1v) is 11.4. The Hall–Kier alpha value is -3.99. The van der Waals surface area contributed by atoms with Gasteiger partial charge in [0.05, 0.1) is 22.6 Å². The van der Waals surface area contributed by atoms with Crippen molar-refractivity contribution in [2.24, 2.45) is 5.92 Å². The molecule has 1 amide bonds. The normalized spacial score (nSPS) is 13.1. The van der Waals surface area contributed by atoms with Crippen LogP contribution in [0.1, 0.15) is 59.8 Å². The Morgan fingerprint density at radius 2 is 2.03 bits per heavy atom. The van der Waals surface area contributed by atoms with Gasteiger partial charge in [0, 0.05) is 31.2 Å². The first-order valence-electron chi connectivity index (χ1n) is 11.4. The Morgan fingerprint density at radius 3 is 2.62 bits per heavy atom. The van der Waals surface area contributed by atoms with Gasteiger partial charge in [-0.25, -0.2) is 9.78 Å². The van der Waals surface area contributed by atoms with E-state index in [-0.39, 0.29) is 47.4 Å². The van der Waals surface area contributed by atoms with Crippen molar-refractivity contribution >= 4 is 16.9 Å². The first kappa shape index (κ1) is 23.2. The van der Waals surface area contributed by atoms with Crippen LogP contribution in [-0.2, 0) is 13.1 Å². The van der Waals surface area contributed by atoms with Gasteiger partial charge < -0.3 is 4.90 Å². The van der Waals surface area contributed by atoms with Crippen LogP contribution in [0.4, 0.5) is 0 Å². The molecule has 34 heavy (non-hydrogen) atoms. The van der Waals surface area contributed by atoms with Gasteiger partial charge in [0.25, 0.3) is 11.5 Å². The molecule has 1 saturated carbocycles. The van der Waals surface area contributed by atoms with Gasteiger partial charge in [0.1, 0.15) is 0 Å². The van der Waals surface area contributed by atoms with E-state index >= 15 is 0 Å². The molecule has 2 heterocycles. The largest absolute Gasteiger partial charge is 0.331 e. The summed E-state index contributed by atoms with van der Waals surface area (Å²) < 4.78 is 1.46. The molecule has 0 unspecified atom stereocenters. The second kappa shape index (κ2) is 9.48. The second-order valence-corrected chi connectivity index (χ2v) is 9.11. The molecule has 8 heteroatoms. The molecular weight excluding hydrogens is 430 g/mol. The molecule has 2 aromatic heterocycles. The fraction of sp³-hybridized carbons (Fsp3) is 0.346. The fourth-order valence-corrected chi connectivity index (χ4v) is 4.04. The summed E-state index contributed by atoms with van der Waals surface area (Å²) in [4.78, 5) is 48.0. The lowest BCUT2D eigenvalue weighted by Gasteiger charge is -2.23. The average molecular weight is 458 g/mol. The topological polar surface area (TPSA) is 112 Å². The number of hydrogen-bond donors (Lipinski definition) is 1. The van der Waals surface area contributed by atoms with Crippen LogP contribution in [0, 0.1) is 17.2 Å². The van der Waals surface area contributed by atoms with Crippen molar-refractivity contribution in [2.75, 3.05) is 6.54 Å². The summed E-state index contributed by atoms with van der Waals surface area (Å²) in [5.74, 6) is 0.0361. The SMILES string of the molecule is C=CCN(Cc1ccc(C#N)cc1)C(=O)c1cc(C2CC2)nc2c1c(=O)[nH]c(=O)n2CC(C)C. The Bertz CT molecular complexity index is 1410. The average Bonchev–Trinajstić information content (AvgIpc) is 3.66. The van der Waals surface area contributed by atoms with Gasteiger partial charge in [-0.15, -0.1) is 6.58 Å². The van der Waals surface area contributed by atoms with Crippen LogP contribution < -0.4 is 11.2 Å². The predicted molar refractivity (Wildman–Crippen MR) is 130 cm³/mol. The quantitative estimate of drug-likeness (QED) is 0.522. The van der Waals surface area contributed by atoms with Crippen molar-refractivity contribution in [1.82, 2.24) is 19.4 Å². The standard InChI is InChI=1S/C26H27N5O3/c1-4-11-30(15-18-7-5-17(13-27)6-8-18)25(33)20-12-21(19-9-10-19)28-23-22(20)24(32)29-26(34)31(23)14-16(2)3/h4-8,12,16,19H,1,9-11,14-15H2,2-3H3,(H,29,32,34). The highest BCUT2D eigenvalue weighted by atomic mass is 16.2. The van der Waals surface area contributed by atoms with E-state index in [2.05, 4.69) is 22.6 Å². The highest BCUT2D eigenvalue weighted by Gasteiger charge is 2.30. The van der Waals surface area contributed by atoms with Crippen molar-refractivity contribution in [1.29, 1.82) is 5.26 Å². The number of fused-ring (bicyclic) bond motifs is 1. The molecule has 1 N–H and O–H groups in total. The number of H-pyrrole nitrogens is 1. The first-order chi connectivity index (χ1) is 16.3. The van der Waals surface area contributed by atoms with Gasteiger partial charge in [-0.2, -0.15) is 5.26 Å². The van der Waals surface area contributed by atoms with E-state index < -0.39 is 11.2 Å². The summed E-state index contributed by atoms with van der Waals surface area (Å²) in [5, 5.41) is 9.17. The lowest BCUT2D eigenvalue weighted by atomic mass is 10.1. The van der Waals surface area contributed by atoms with Crippen LogP contribution in [0.15, 0.2) is 52.6 Å². The van der Waals surface area contributed by atoms with Crippen molar-refractivity contribution < 1.29 is 4.79 Å². The number of carbonyl (C=O) groups excluding carboxylic acids is 1. The summed E-state index contributed by atoms with van der Waals surface area (Å²) in [5.41, 5.74) is 1.47. The molecular formula is C26H27N5O3. The molecule has 1 aromatic carbocycles. The van der Waals surface area contributed by atoms with E-state index in [4.69, 9.17) is 5.26 Å². The Kier molecular flexibility index (Phi) is 6.46. The van der Waals surface area contributed by atoms with E-state index in [0.29, 0.717) is 12.1 Å². The number of aromatic nitrogens is 3. The highest BCUT2D eigenvalue weighted by Crippen LogP contribution is 2.40. The van der Waals surface area contributed by atoms with Gasteiger partial charge >= 0.3 is 5.69 Å². The minimum Gasteiger partial charge on any atom is -0.331 e.